The van der Waals surface area contributed by atoms with Gasteiger partial charge in [0.1, 0.15) is 11.4 Å². The average Bonchev–Trinajstić information content (AvgIpc) is 3.12. The zero-order valence-electron chi connectivity index (χ0n) is 11.1. The van der Waals surface area contributed by atoms with E-state index in [1.807, 2.05) is 35.0 Å². The molecule has 0 saturated heterocycles. The van der Waals surface area contributed by atoms with E-state index in [1.165, 1.54) is 0 Å². The van der Waals surface area contributed by atoms with Gasteiger partial charge in [0.15, 0.2) is 6.29 Å². The van der Waals surface area contributed by atoms with Crippen molar-refractivity contribution in [3.63, 3.8) is 0 Å². The second kappa shape index (κ2) is 5.83. The average molecular weight is 363 g/mol. The van der Waals surface area contributed by atoms with Crippen molar-refractivity contribution in [1.29, 1.82) is 0 Å². The molecule has 0 atom stereocenters. The van der Waals surface area contributed by atoms with Crippen LogP contribution in [-0.2, 0) is 0 Å². The highest BCUT2D eigenvalue weighted by Crippen LogP contribution is 2.32. The minimum absolute atomic E-state index is 0.553. The zero-order chi connectivity index (χ0) is 14.8. The standard InChI is InChI=1S/C15H11BrN2O2S/c1-20-12-4-2-3-11(5-12)18-6-10(7-19)15(17-18)13-8-21-9-14(13)16/h2-9H,1H3. The van der Waals surface area contributed by atoms with Gasteiger partial charge >= 0.3 is 0 Å². The van der Waals surface area contributed by atoms with Gasteiger partial charge in [-0.1, -0.05) is 6.07 Å². The van der Waals surface area contributed by atoms with Gasteiger partial charge < -0.3 is 4.74 Å². The van der Waals surface area contributed by atoms with Crippen molar-refractivity contribution in [1.82, 2.24) is 9.78 Å². The number of thiophene rings is 1. The number of hydrogen-bond donors (Lipinski definition) is 0. The molecule has 0 amide bonds. The van der Waals surface area contributed by atoms with Gasteiger partial charge in [-0.25, -0.2) is 4.68 Å². The molecule has 1 aromatic carbocycles. The first kappa shape index (κ1) is 14.0. The van der Waals surface area contributed by atoms with E-state index in [9.17, 15) is 4.79 Å². The SMILES string of the molecule is COc1cccc(-n2cc(C=O)c(-c3cscc3Br)n2)c1. The molecule has 106 valence electrons. The lowest BCUT2D eigenvalue weighted by Gasteiger charge is -2.04. The third kappa shape index (κ3) is 2.64. The van der Waals surface area contributed by atoms with Crippen LogP contribution in [0.15, 0.2) is 45.7 Å². The second-order valence-electron chi connectivity index (χ2n) is 4.33. The van der Waals surface area contributed by atoms with Gasteiger partial charge in [0, 0.05) is 33.1 Å². The van der Waals surface area contributed by atoms with E-state index in [0.29, 0.717) is 11.3 Å². The zero-order valence-corrected chi connectivity index (χ0v) is 13.5. The fourth-order valence-corrected chi connectivity index (χ4v) is 3.49. The molecule has 4 nitrogen and oxygen atoms in total. The number of benzene rings is 1. The second-order valence-corrected chi connectivity index (χ2v) is 5.93. The summed E-state index contributed by atoms with van der Waals surface area (Å²) < 4.78 is 7.84. The van der Waals surface area contributed by atoms with Crippen LogP contribution in [0.4, 0.5) is 0 Å². The van der Waals surface area contributed by atoms with Crippen LogP contribution >= 0.6 is 27.3 Å². The fraction of sp³-hybridized carbons (Fsp3) is 0.0667. The Balaban J connectivity index is 2.11. The Morgan fingerprint density at radius 3 is 2.90 bits per heavy atom. The molecule has 0 aliphatic carbocycles. The number of ether oxygens (including phenoxy) is 1. The van der Waals surface area contributed by atoms with Gasteiger partial charge in [-0.2, -0.15) is 16.4 Å². The van der Waals surface area contributed by atoms with Crippen molar-refractivity contribution < 1.29 is 9.53 Å². The minimum atomic E-state index is 0.553. The van der Waals surface area contributed by atoms with Gasteiger partial charge in [0.25, 0.3) is 0 Å². The van der Waals surface area contributed by atoms with Crippen LogP contribution in [0.2, 0.25) is 0 Å². The van der Waals surface area contributed by atoms with E-state index in [1.54, 1.807) is 29.3 Å². The molecule has 6 heteroatoms. The molecule has 0 bridgehead atoms. The molecule has 21 heavy (non-hydrogen) atoms. The normalized spacial score (nSPS) is 10.6. The Morgan fingerprint density at radius 1 is 1.38 bits per heavy atom. The van der Waals surface area contributed by atoms with Gasteiger partial charge in [0.05, 0.1) is 18.4 Å². The van der Waals surface area contributed by atoms with Crippen molar-refractivity contribution >= 4 is 33.6 Å². The first-order valence-corrected chi connectivity index (χ1v) is 7.88. The van der Waals surface area contributed by atoms with E-state index in [4.69, 9.17) is 4.74 Å². The summed E-state index contributed by atoms with van der Waals surface area (Å²) in [5.41, 5.74) is 2.98. The van der Waals surface area contributed by atoms with E-state index in [2.05, 4.69) is 21.0 Å². The maximum Gasteiger partial charge on any atom is 0.153 e. The third-order valence-electron chi connectivity index (χ3n) is 3.06. The molecule has 0 saturated carbocycles. The minimum Gasteiger partial charge on any atom is -0.497 e. The maximum atomic E-state index is 11.3. The summed E-state index contributed by atoms with van der Waals surface area (Å²) in [5, 5.41) is 8.47. The summed E-state index contributed by atoms with van der Waals surface area (Å²) in [7, 11) is 1.62. The lowest BCUT2D eigenvalue weighted by Crippen LogP contribution is -1.95. The van der Waals surface area contributed by atoms with Gasteiger partial charge in [-0.3, -0.25) is 4.79 Å². The van der Waals surface area contributed by atoms with Gasteiger partial charge in [0.2, 0.25) is 0 Å². The van der Waals surface area contributed by atoms with Crippen molar-refractivity contribution in [3.05, 3.63) is 51.3 Å². The first-order valence-electron chi connectivity index (χ1n) is 6.14. The highest BCUT2D eigenvalue weighted by molar-refractivity contribution is 9.10. The van der Waals surface area contributed by atoms with E-state index >= 15 is 0 Å². The van der Waals surface area contributed by atoms with Crippen molar-refractivity contribution in [2.24, 2.45) is 0 Å². The molecule has 0 aliphatic rings. The summed E-state index contributed by atoms with van der Waals surface area (Å²) in [5.74, 6) is 0.744. The predicted molar refractivity (Wildman–Crippen MR) is 86.5 cm³/mol. The summed E-state index contributed by atoms with van der Waals surface area (Å²) in [6, 6.07) is 7.53. The van der Waals surface area contributed by atoms with Gasteiger partial charge in [-0.05, 0) is 28.1 Å². The molecule has 2 aromatic heterocycles. The number of aromatic nitrogens is 2. The quantitative estimate of drug-likeness (QED) is 0.653. The van der Waals surface area contributed by atoms with Crippen LogP contribution in [0, 0.1) is 0 Å². The summed E-state index contributed by atoms with van der Waals surface area (Å²) in [4.78, 5) is 11.3. The summed E-state index contributed by atoms with van der Waals surface area (Å²) >= 11 is 5.04. The fourth-order valence-electron chi connectivity index (χ4n) is 2.02. The number of carbonyl (C=O) groups is 1. The molecule has 3 rings (SSSR count). The number of nitrogens with zero attached hydrogens (tertiary/aromatic N) is 2. The molecule has 0 spiro atoms. The number of carbonyl (C=O) groups excluding carboxylic acids is 1. The Labute approximate surface area is 134 Å². The van der Waals surface area contributed by atoms with Crippen LogP contribution in [0.1, 0.15) is 10.4 Å². The predicted octanol–water partition coefficient (Wildman–Crippen LogP) is 4.18. The molecule has 0 aliphatic heterocycles. The van der Waals surface area contributed by atoms with E-state index in [0.717, 1.165) is 27.8 Å². The Morgan fingerprint density at radius 2 is 2.24 bits per heavy atom. The first-order chi connectivity index (χ1) is 10.2. The number of hydrogen-bond acceptors (Lipinski definition) is 4. The van der Waals surface area contributed by atoms with Crippen molar-refractivity contribution in [3.8, 4) is 22.7 Å². The van der Waals surface area contributed by atoms with Crippen LogP contribution in [-0.4, -0.2) is 23.2 Å². The maximum absolute atomic E-state index is 11.3. The van der Waals surface area contributed by atoms with E-state index < -0.39 is 0 Å². The van der Waals surface area contributed by atoms with Crippen molar-refractivity contribution in [2.75, 3.05) is 7.11 Å². The van der Waals surface area contributed by atoms with Crippen LogP contribution in [0.5, 0.6) is 5.75 Å². The largest absolute Gasteiger partial charge is 0.497 e. The molecular weight excluding hydrogens is 352 g/mol. The highest BCUT2D eigenvalue weighted by Gasteiger charge is 2.15. The molecule has 0 radical (unpaired) electrons. The smallest absolute Gasteiger partial charge is 0.153 e. The summed E-state index contributed by atoms with van der Waals surface area (Å²) in [6.45, 7) is 0. The molecule has 0 unspecified atom stereocenters. The van der Waals surface area contributed by atoms with Crippen molar-refractivity contribution in [2.45, 2.75) is 0 Å². The highest BCUT2D eigenvalue weighted by atomic mass is 79.9. The lowest BCUT2D eigenvalue weighted by atomic mass is 10.2. The molecular formula is C15H11BrN2O2S. The van der Waals surface area contributed by atoms with Gasteiger partial charge in [-0.15, -0.1) is 0 Å². The number of halogens is 1. The Bertz CT molecular complexity index is 795. The number of aldehydes is 1. The Hall–Kier alpha value is -1.92. The number of methoxy groups -OCH3 is 1. The lowest BCUT2D eigenvalue weighted by molar-refractivity contribution is 0.112. The Kier molecular flexibility index (Phi) is 3.90. The molecule has 0 fully saturated rings. The molecule has 3 aromatic rings. The molecule has 2 heterocycles. The topological polar surface area (TPSA) is 44.1 Å². The monoisotopic (exact) mass is 362 g/mol. The number of rotatable bonds is 4. The van der Waals surface area contributed by atoms with Crippen LogP contribution < -0.4 is 4.74 Å². The van der Waals surface area contributed by atoms with Crippen LogP contribution in [0.3, 0.4) is 0 Å². The third-order valence-corrected chi connectivity index (χ3v) is 4.76. The molecule has 0 N–H and O–H groups in total. The van der Waals surface area contributed by atoms with Crippen LogP contribution in [0.25, 0.3) is 16.9 Å². The summed E-state index contributed by atoms with van der Waals surface area (Å²) in [6.07, 6.45) is 2.55. The van der Waals surface area contributed by atoms with E-state index in [-0.39, 0.29) is 0 Å².